The minimum absolute atomic E-state index is 0.162. The topological polar surface area (TPSA) is 83.3 Å². The van der Waals surface area contributed by atoms with E-state index in [1.807, 2.05) is 0 Å². The SMILES string of the molecule is CCOC(=O)CCSc1c(C(=O)OCC)c2ccccn2c1C(=O)OCC. The highest BCUT2D eigenvalue weighted by atomic mass is 32.2. The third-order valence-electron chi connectivity index (χ3n) is 3.61. The minimum atomic E-state index is -0.534. The molecule has 27 heavy (non-hydrogen) atoms. The first-order valence-corrected chi connectivity index (χ1v) is 9.79. The molecule has 0 aromatic carbocycles. The molecule has 0 aliphatic rings. The lowest BCUT2D eigenvalue weighted by Gasteiger charge is -2.07. The maximum atomic E-state index is 12.6. The first-order valence-electron chi connectivity index (χ1n) is 8.80. The van der Waals surface area contributed by atoms with Crippen LogP contribution in [-0.2, 0) is 19.0 Å². The lowest BCUT2D eigenvalue weighted by molar-refractivity contribution is -0.142. The molecular weight excluding hydrogens is 370 g/mol. The third-order valence-corrected chi connectivity index (χ3v) is 4.70. The van der Waals surface area contributed by atoms with Crippen molar-refractivity contribution in [2.75, 3.05) is 25.6 Å². The average Bonchev–Trinajstić information content (AvgIpc) is 2.96. The average molecular weight is 393 g/mol. The number of ether oxygens (including phenoxy) is 3. The molecule has 2 aromatic rings. The zero-order chi connectivity index (χ0) is 19.8. The summed E-state index contributed by atoms with van der Waals surface area (Å²) in [6.07, 6.45) is 1.86. The molecular formula is C19H23NO6S. The Morgan fingerprint density at radius 2 is 1.63 bits per heavy atom. The molecule has 146 valence electrons. The fourth-order valence-electron chi connectivity index (χ4n) is 2.59. The van der Waals surface area contributed by atoms with Gasteiger partial charge in [0, 0.05) is 11.9 Å². The van der Waals surface area contributed by atoms with Gasteiger partial charge in [-0.15, -0.1) is 11.8 Å². The van der Waals surface area contributed by atoms with Crippen LogP contribution in [0.15, 0.2) is 29.3 Å². The van der Waals surface area contributed by atoms with Gasteiger partial charge in [-0.1, -0.05) is 6.07 Å². The number of rotatable bonds is 9. The Hall–Kier alpha value is -2.48. The molecule has 7 nitrogen and oxygen atoms in total. The molecule has 2 aromatic heterocycles. The van der Waals surface area contributed by atoms with E-state index in [4.69, 9.17) is 14.2 Å². The van der Waals surface area contributed by atoms with E-state index in [2.05, 4.69) is 0 Å². The number of nitrogens with zero attached hydrogens (tertiary/aromatic N) is 1. The Balaban J connectivity index is 2.50. The summed E-state index contributed by atoms with van der Waals surface area (Å²) in [6, 6.07) is 5.28. The zero-order valence-corrected chi connectivity index (χ0v) is 16.5. The molecule has 0 amide bonds. The number of esters is 3. The number of carbonyl (C=O) groups excluding carboxylic acids is 3. The van der Waals surface area contributed by atoms with E-state index in [1.165, 1.54) is 11.8 Å². The molecule has 0 N–H and O–H groups in total. The molecule has 0 radical (unpaired) electrons. The normalized spacial score (nSPS) is 10.6. The van der Waals surface area contributed by atoms with Crippen LogP contribution in [0.2, 0.25) is 0 Å². The first kappa shape index (κ1) is 20.8. The molecule has 0 spiro atoms. The lowest BCUT2D eigenvalue weighted by Crippen LogP contribution is -2.10. The van der Waals surface area contributed by atoms with Crippen molar-refractivity contribution >= 4 is 35.2 Å². The van der Waals surface area contributed by atoms with Crippen LogP contribution in [0.25, 0.3) is 5.52 Å². The van der Waals surface area contributed by atoms with Crippen LogP contribution < -0.4 is 0 Å². The molecule has 0 bridgehead atoms. The van der Waals surface area contributed by atoms with Crippen molar-refractivity contribution in [2.45, 2.75) is 32.1 Å². The Morgan fingerprint density at radius 3 is 2.30 bits per heavy atom. The van der Waals surface area contributed by atoms with Gasteiger partial charge in [0.1, 0.15) is 5.69 Å². The smallest absolute Gasteiger partial charge is 0.356 e. The van der Waals surface area contributed by atoms with Crippen molar-refractivity contribution in [1.82, 2.24) is 4.40 Å². The lowest BCUT2D eigenvalue weighted by atomic mass is 10.2. The van der Waals surface area contributed by atoms with Gasteiger partial charge in [0.15, 0.2) is 0 Å². The number of hydrogen-bond donors (Lipinski definition) is 0. The van der Waals surface area contributed by atoms with Crippen LogP contribution in [-0.4, -0.2) is 47.9 Å². The zero-order valence-electron chi connectivity index (χ0n) is 15.6. The summed E-state index contributed by atoms with van der Waals surface area (Å²) in [7, 11) is 0. The Kier molecular flexibility index (Phi) is 7.72. The van der Waals surface area contributed by atoms with Crippen LogP contribution in [0, 0.1) is 0 Å². The van der Waals surface area contributed by atoms with Crippen LogP contribution in [0.1, 0.15) is 48.0 Å². The molecule has 2 rings (SSSR count). The van der Waals surface area contributed by atoms with Gasteiger partial charge in [0.05, 0.1) is 42.2 Å². The molecule has 0 fully saturated rings. The second kappa shape index (κ2) is 10.0. The van der Waals surface area contributed by atoms with E-state index < -0.39 is 11.9 Å². The maximum Gasteiger partial charge on any atom is 0.356 e. The van der Waals surface area contributed by atoms with Crippen molar-refractivity contribution in [3.63, 3.8) is 0 Å². The number of carbonyl (C=O) groups is 3. The van der Waals surface area contributed by atoms with Crippen LogP contribution in [0.5, 0.6) is 0 Å². The number of hydrogen-bond acceptors (Lipinski definition) is 7. The van der Waals surface area contributed by atoms with Crippen molar-refractivity contribution in [1.29, 1.82) is 0 Å². The van der Waals surface area contributed by atoms with Gasteiger partial charge in [-0.2, -0.15) is 0 Å². The summed E-state index contributed by atoms with van der Waals surface area (Å²) in [5, 5.41) is 0. The molecule has 0 saturated heterocycles. The fourth-order valence-corrected chi connectivity index (χ4v) is 3.71. The van der Waals surface area contributed by atoms with Crippen LogP contribution in [0.3, 0.4) is 0 Å². The predicted octanol–water partition coefficient (Wildman–Crippen LogP) is 3.34. The van der Waals surface area contributed by atoms with Gasteiger partial charge in [-0.05, 0) is 32.9 Å². The number of thioether (sulfide) groups is 1. The highest BCUT2D eigenvalue weighted by molar-refractivity contribution is 7.99. The quantitative estimate of drug-likeness (QED) is 0.367. The van der Waals surface area contributed by atoms with Gasteiger partial charge in [0.2, 0.25) is 0 Å². The van der Waals surface area contributed by atoms with Crippen molar-refractivity contribution in [3.05, 3.63) is 35.7 Å². The predicted molar refractivity (Wildman–Crippen MR) is 101 cm³/mol. The van der Waals surface area contributed by atoms with E-state index in [-0.39, 0.29) is 31.3 Å². The largest absolute Gasteiger partial charge is 0.466 e. The molecule has 0 unspecified atom stereocenters. The Morgan fingerprint density at radius 1 is 0.963 bits per heavy atom. The molecule has 8 heteroatoms. The van der Waals surface area contributed by atoms with E-state index in [0.717, 1.165) is 0 Å². The van der Waals surface area contributed by atoms with Gasteiger partial charge in [0.25, 0.3) is 0 Å². The van der Waals surface area contributed by atoms with Crippen LogP contribution >= 0.6 is 11.8 Å². The summed E-state index contributed by atoms with van der Waals surface area (Å²) < 4.78 is 16.9. The van der Waals surface area contributed by atoms with E-state index in [0.29, 0.717) is 28.3 Å². The van der Waals surface area contributed by atoms with Crippen molar-refractivity contribution in [3.8, 4) is 0 Å². The summed E-state index contributed by atoms with van der Waals surface area (Å²) in [5.41, 5.74) is 1.11. The monoisotopic (exact) mass is 393 g/mol. The molecule has 0 saturated carbocycles. The molecule has 0 atom stereocenters. The standard InChI is InChI=1S/C19H23NO6S/c1-4-24-14(21)10-12-27-17-15(18(22)25-5-2)13-9-7-8-11-20(13)16(17)19(23)26-6-3/h7-9,11H,4-6,10,12H2,1-3H3. The van der Waals surface area contributed by atoms with E-state index in [1.54, 1.807) is 49.6 Å². The Bertz CT molecular complexity index is 774. The maximum absolute atomic E-state index is 12.6. The van der Waals surface area contributed by atoms with Gasteiger partial charge in [-0.25, -0.2) is 9.59 Å². The van der Waals surface area contributed by atoms with Crippen LogP contribution in [0.4, 0.5) is 0 Å². The number of fused-ring (bicyclic) bond motifs is 1. The molecule has 0 aliphatic heterocycles. The summed E-state index contributed by atoms with van der Waals surface area (Å²) in [5.74, 6) is -1.03. The second-order valence-corrected chi connectivity index (χ2v) is 6.46. The van der Waals surface area contributed by atoms with Crippen molar-refractivity contribution < 1.29 is 28.6 Å². The van der Waals surface area contributed by atoms with E-state index >= 15 is 0 Å². The van der Waals surface area contributed by atoms with Crippen molar-refractivity contribution in [2.24, 2.45) is 0 Å². The number of pyridine rings is 1. The summed E-state index contributed by atoms with van der Waals surface area (Å²) in [6.45, 7) is 5.90. The molecule has 0 aliphatic carbocycles. The van der Waals surface area contributed by atoms with Gasteiger partial charge in [-0.3, -0.25) is 4.79 Å². The first-order chi connectivity index (χ1) is 13.0. The third kappa shape index (κ3) is 4.82. The fraction of sp³-hybridized carbons (Fsp3) is 0.421. The Labute approximate surface area is 162 Å². The van der Waals surface area contributed by atoms with Gasteiger partial charge >= 0.3 is 17.9 Å². The summed E-state index contributed by atoms with van der Waals surface area (Å²) in [4.78, 5) is 37.2. The second-order valence-electron chi connectivity index (χ2n) is 5.35. The highest BCUT2D eigenvalue weighted by Gasteiger charge is 2.29. The minimum Gasteiger partial charge on any atom is -0.466 e. The highest BCUT2D eigenvalue weighted by Crippen LogP contribution is 2.34. The van der Waals surface area contributed by atoms with E-state index in [9.17, 15) is 14.4 Å². The van der Waals surface area contributed by atoms with Gasteiger partial charge < -0.3 is 18.6 Å². The summed E-state index contributed by atoms with van der Waals surface area (Å²) >= 11 is 1.24. The molecule has 2 heterocycles. The number of aromatic nitrogens is 1.